The average molecular weight is 256 g/mol. The van der Waals surface area contributed by atoms with Gasteiger partial charge in [0, 0.05) is 0 Å². The molecule has 0 saturated heterocycles. The van der Waals surface area contributed by atoms with Crippen LogP contribution in [0.1, 0.15) is 25.3 Å². The summed E-state index contributed by atoms with van der Waals surface area (Å²) in [6.45, 7) is 2.23. The van der Waals surface area contributed by atoms with E-state index in [2.05, 4.69) is 37.3 Å². The maximum absolute atomic E-state index is 8.74. The van der Waals surface area contributed by atoms with Crippen molar-refractivity contribution in [1.29, 1.82) is 0 Å². The van der Waals surface area contributed by atoms with Crippen molar-refractivity contribution in [3.63, 3.8) is 0 Å². The zero-order valence-electron chi connectivity index (χ0n) is 8.63. The molecule has 0 unspecified atom stereocenters. The van der Waals surface area contributed by atoms with E-state index in [1.54, 1.807) is 0 Å². The zero-order chi connectivity index (χ0) is 11.7. The summed E-state index contributed by atoms with van der Waals surface area (Å²) in [7, 11) is -4.67. The van der Waals surface area contributed by atoms with E-state index in [0.29, 0.717) is 0 Å². The number of hydrogen-bond acceptors (Lipinski definition) is 2. The molecule has 0 radical (unpaired) electrons. The summed E-state index contributed by atoms with van der Waals surface area (Å²) in [4.78, 5) is 0. The van der Waals surface area contributed by atoms with E-state index in [-0.39, 0.29) is 29.6 Å². The van der Waals surface area contributed by atoms with E-state index in [4.69, 9.17) is 17.5 Å². The standard InChI is InChI=1S/C10H14.Na.H2O4S.H/c1-2-3-7-10-8-5-4-6-9-10;;1-5(2,3)4;/h4-6,8-9H,2-3,7H2,1H3;;(H2,1,2,3,4);. The van der Waals surface area contributed by atoms with Crippen molar-refractivity contribution in [2.24, 2.45) is 0 Å². The molecule has 0 aliphatic carbocycles. The van der Waals surface area contributed by atoms with Crippen molar-refractivity contribution in [1.82, 2.24) is 0 Å². The molecule has 0 amide bonds. The molecule has 0 heterocycles. The van der Waals surface area contributed by atoms with Gasteiger partial charge in [0.2, 0.25) is 0 Å². The second-order valence-corrected chi connectivity index (χ2v) is 3.93. The SMILES string of the molecule is CCCCc1ccccc1.O=S(=O)(O)O.[NaH]. The molecular formula is C10H17NaO4S. The molecule has 0 aliphatic rings. The van der Waals surface area contributed by atoms with Gasteiger partial charge in [-0.05, 0) is 18.4 Å². The van der Waals surface area contributed by atoms with Crippen LogP contribution >= 0.6 is 0 Å². The number of aryl methyl sites for hydroxylation is 1. The van der Waals surface area contributed by atoms with Gasteiger partial charge in [0.25, 0.3) is 0 Å². The number of unbranched alkanes of at least 4 members (excludes halogenated alkanes) is 1. The molecule has 88 valence electrons. The Bertz CT molecular complexity index is 342. The second-order valence-electron chi connectivity index (χ2n) is 3.04. The molecule has 0 aromatic heterocycles. The molecule has 1 aromatic rings. The van der Waals surface area contributed by atoms with Crippen molar-refractivity contribution >= 4 is 40.0 Å². The summed E-state index contributed by atoms with van der Waals surface area (Å²) in [6.07, 6.45) is 3.83. The molecule has 0 aliphatic heterocycles. The third-order valence-electron chi connectivity index (χ3n) is 1.66. The summed E-state index contributed by atoms with van der Waals surface area (Å²) >= 11 is 0. The van der Waals surface area contributed by atoms with Crippen LogP contribution in [-0.2, 0) is 16.8 Å². The predicted molar refractivity (Wildman–Crippen MR) is 66.4 cm³/mol. The first-order valence-electron chi connectivity index (χ1n) is 4.67. The monoisotopic (exact) mass is 256 g/mol. The van der Waals surface area contributed by atoms with E-state index in [1.165, 1.54) is 24.8 Å². The van der Waals surface area contributed by atoms with Gasteiger partial charge in [0.15, 0.2) is 0 Å². The molecule has 0 atom stereocenters. The van der Waals surface area contributed by atoms with Crippen LogP contribution in [0, 0.1) is 0 Å². The molecule has 0 spiro atoms. The summed E-state index contributed by atoms with van der Waals surface area (Å²) < 4.78 is 31.6. The number of hydrogen-bond donors (Lipinski definition) is 2. The van der Waals surface area contributed by atoms with Crippen LogP contribution in [-0.4, -0.2) is 47.1 Å². The van der Waals surface area contributed by atoms with Gasteiger partial charge in [-0.1, -0.05) is 43.7 Å². The average Bonchev–Trinajstić information content (AvgIpc) is 2.14. The first-order chi connectivity index (χ1) is 6.93. The van der Waals surface area contributed by atoms with E-state index in [9.17, 15) is 0 Å². The van der Waals surface area contributed by atoms with Crippen molar-refractivity contribution in [2.45, 2.75) is 26.2 Å². The van der Waals surface area contributed by atoms with Gasteiger partial charge in [0.05, 0.1) is 0 Å². The Balaban J connectivity index is 0. The van der Waals surface area contributed by atoms with Gasteiger partial charge in [0.1, 0.15) is 0 Å². The Hall–Kier alpha value is 0.0900. The van der Waals surface area contributed by atoms with Crippen LogP contribution in [0.15, 0.2) is 30.3 Å². The fourth-order valence-corrected chi connectivity index (χ4v) is 1.03. The summed E-state index contributed by atoms with van der Waals surface area (Å²) in [5.74, 6) is 0. The van der Waals surface area contributed by atoms with Crippen molar-refractivity contribution in [3.05, 3.63) is 35.9 Å². The number of rotatable bonds is 3. The minimum atomic E-state index is -4.67. The summed E-state index contributed by atoms with van der Waals surface area (Å²) in [6, 6.07) is 10.6. The molecule has 4 nitrogen and oxygen atoms in total. The van der Waals surface area contributed by atoms with Crippen molar-refractivity contribution in [3.8, 4) is 0 Å². The Morgan fingerprint density at radius 2 is 1.56 bits per heavy atom. The van der Waals surface area contributed by atoms with E-state index >= 15 is 0 Å². The van der Waals surface area contributed by atoms with E-state index in [0.717, 1.165) is 0 Å². The van der Waals surface area contributed by atoms with Crippen LogP contribution in [0.5, 0.6) is 0 Å². The van der Waals surface area contributed by atoms with Crippen LogP contribution in [0.25, 0.3) is 0 Å². The molecule has 2 N–H and O–H groups in total. The maximum atomic E-state index is 8.74. The molecule has 16 heavy (non-hydrogen) atoms. The van der Waals surface area contributed by atoms with Gasteiger partial charge in [-0.25, -0.2) is 0 Å². The van der Waals surface area contributed by atoms with Crippen LogP contribution < -0.4 is 0 Å². The zero-order valence-corrected chi connectivity index (χ0v) is 9.44. The Morgan fingerprint density at radius 3 is 1.94 bits per heavy atom. The quantitative estimate of drug-likeness (QED) is 0.638. The normalized spacial score (nSPS) is 9.69. The predicted octanol–water partition coefficient (Wildman–Crippen LogP) is 1.73. The summed E-state index contributed by atoms with van der Waals surface area (Å²) in [5.41, 5.74) is 1.46. The molecule has 1 aromatic carbocycles. The first kappa shape index (κ1) is 18.5. The molecule has 0 fully saturated rings. The van der Waals surface area contributed by atoms with E-state index < -0.39 is 10.4 Å². The van der Waals surface area contributed by atoms with Gasteiger partial charge < -0.3 is 0 Å². The second kappa shape index (κ2) is 10.3. The van der Waals surface area contributed by atoms with Gasteiger partial charge in [-0.3, -0.25) is 9.11 Å². The Kier molecular flexibility index (Phi) is 11.8. The molecule has 0 saturated carbocycles. The van der Waals surface area contributed by atoms with Crippen LogP contribution in [0.4, 0.5) is 0 Å². The minimum absolute atomic E-state index is 0. The fraction of sp³-hybridized carbons (Fsp3) is 0.400. The van der Waals surface area contributed by atoms with Crippen LogP contribution in [0.3, 0.4) is 0 Å². The van der Waals surface area contributed by atoms with Crippen molar-refractivity contribution in [2.75, 3.05) is 0 Å². The van der Waals surface area contributed by atoms with Gasteiger partial charge in [-0.15, -0.1) is 0 Å². The van der Waals surface area contributed by atoms with E-state index in [1.807, 2.05) is 0 Å². The first-order valence-corrected chi connectivity index (χ1v) is 6.07. The molecular weight excluding hydrogens is 239 g/mol. The molecule has 6 heteroatoms. The van der Waals surface area contributed by atoms with Gasteiger partial charge in [-0.2, -0.15) is 8.42 Å². The van der Waals surface area contributed by atoms with Crippen LogP contribution in [0.2, 0.25) is 0 Å². The third-order valence-corrected chi connectivity index (χ3v) is 1.66. The fourth-order valence-electron chi connectivity index (χ4n) is 1.03. The van der Waals surface area contributed by atoms with Crippen molar-refractivity contribution < 1.29 is 17.5 Å². The molecule has 0 bridgehead atoms. The Morgan fingerprint density at radius 1 is 1.12 bits per heavy atom. The van der Waals surface area contributed by atoms with Gasteiger partial charge >= 0.3 is 40.0 Å². The summed E-state index contributed by atoms with van der Waals surface area (Å²) in [5, 5.41) is 0. The Labute approximate surface area is 119 Å². The third kappa shape index (κ3) is 16.5. The topological polar surface area (TPSA) is 74.6 Å². The number of benzene rings is 1. The molecule has 1 rings (SSSR count).